The summed E-state index contributed by atoms with van der Waals surface area (Å²) in [5.74, 6) is 0.812. The molecule has 2 heterocycles. The van der Waals surface area contributed by atoms with Crippen LogP contribution < -0.4 is 5.32 Å². The highest BCUT2D eigenvalue weighted by Gasteiger charge is 2.16. The van der Waals surface area contributed by atoms with E-state index >= 15 is 0 Å². The lowest BCUT2D eigenvalue weighted by Crippen LogP contribution is -2.30. The second-order valence-corrected chi connectivity index (χ2v) is 4.93. The van der Waals surface area contributed by atoms with Crippen LogP contribution >= 0.6 is 11.6 Å². The highest BCUT2D eigenvalue weighted by atomic mass is 35.5. The Bertz CT molecular complexity index is 338. The highest BCUT2D eigenvalue weighted by Crippen LogP contribution is 2.23. The molecule has 1 N–H and O–H groups in total. The molecule has 1 aromatic rings. The summed E-state index contributed by atoms with van der Waals surface area (Å²) in [5, 5.41) is 4.30. The third-order valence-electron chi connectivity index (χ3n) is 3.41. The zero-order chi connectivity index (χ0) is 10.8. The molecular formula is C12H19ClN2. The van der Waals surface area contributed by atoms with Gasteiger partial charge in [-0.05, 0) is 51.8 Å². The first-order valence-electron chi connectivity index (χ1n) is 5.71. The maximum Gasteiger partial charge on any atom is 0.0615 e. The van der Waals surface area contributed by atoms with E-state index in [0.717, 1.165) is 30.6 Å². The molecule has 0 bridgehead atoms. The first kappa shape index (κ1) is 11.0. The molecule has 0 saturated carbocycles. The van der Waals surface area contributed by atoms with Crippen molar-refractivity contribution in [2.24, 2.45) is 5.92 Å². The summed E-state index contributed by atoms with van der Waals surface area (Å²) in [6, 6.07) is 2.07. The second kappa shape index (κ2) is 4.58. The minimum Gasteiger partial charge on any atom is -0.347 e. The zero-order valence-electron chi connectivity index (χ0n) is 9.52. The van der Waals surface area contributed by atoms with E-state index in [1.54, 1.807) is 0 Å². The molecule has 2 rings (SSSR count). The normalized spacial score (nSPS) is 18.3. The fourth-order valence-corrected chi connectivity index (χ4v) is 2.62. The molecule has 0 unspecified atom stereocenters. The number of halogens is 1. The number of rotatable bonds is 2. The maximum atomic E-state index is 6.12. The molecule has 1 aliphatic rings. The van der Waals surface area contributed by atoms with Crippen LogP contribution in [-0.4, -0.2) is 17.7 Å². The Hall–Kier alpha value is -0.470. The van der Waals surface area contributed by atoms with Crippen LogP contribution in [0.25, 0.3) is 0 Å². The van der Waals surface area contributed by atoms with Gasteiger partial charge in [0.05, 0.1) is 5.02 Å². The van der Waals surface area contributed by atoms with Crippen molar-refractivity contribution in [1.29, 1.82) is 0 Å². The lowest BCUT2D eigenvalue weighted by atomic mass is 9.98. The molecule has 0 aromatic carbocycles. The molecule has 0 spiro atoms. The van der Waals surface area contributed by atoms with Crippen molar-refractivity contribution in [2.75, 3.05) is 13.1 Å². The molecule has 0 atom stereocenters. The van der Waals surface area contributed by atoms with E-state index in [1.807, 2.05) is 0 Å². The molecule has 3 heteroatoms. The number of hydrogen-bond acceptors (Lipinski definition) is 1. The fourth-order valence-electron chi connectivity index (χ4n) is 2.36. The quantitative estimate of drug-likeness (QED) is 0.821. The molecule has 0 amide bonds. The number of nitrogens with one attached hydrogen (secondary N) is 1. The molecule has 1 aliphatic heterocycles. The number of aryl methyl sites for hydroxylation is 1. The fraction of sp³-hybridized carbons (Fsp3) is 0.667. The minimum atomic E-state index is 0.812. The van der Waals surface area contributed by atoms with Crippen LogP contribution in [0.3, 0.4) is 0 Å². The molecule has 1 saturated heterocycles. The lowest BCUT2D eigenvalue weighted by Gasteiger charge is -2.24. The Balaban J connectivity index is 2.09. The van der Waals surface area contributed by atoms with Crippen LogP contribution in [0, 0.1) is 19.8 Å². The summed E-state index contributed by atoms with van der Waals surface area (Å²) >= 11 is 6.12. The van der Waals surface area contributed by atoms with Crippen LogP contribution in [0.4, 0.5) is 0 Å². The van der Waals surface area contributed by atoms with Gasteiger partial charge in [-0.25, -0.2) is 0 Å². The second-order valence-electron chi connectivity index (χ2n) is 4.52. The summed E-state index contributed by atoms with van der Waals surface area (Å²) < 4.78 is 2.36. The van der Waals surface area contributed by atoms with Gasteiger partial charge in [0.15, 0.2) is 0 Å². The first-order valence-corrected chi connectivity index (χ1v) is 6.09. The predicted molar refractivity (Wildman–Crippen MR) is 64.5 cm³/mol. The number of hydrogen-bond donors (Lipinski definition) is 1. The third kappa shape index (κ3) is 2.37. The van der Waals surface area contributed by atoms with Gasteiger partial charge in [0.1, 0.15) is 0 Å². The zero-order valence-corrected chi connectivity index (χ0v) is 10.3. The molecule has 1 fully saturated rings. The van der Waals surface area contributed by atoms with Crippen LogP contribution in [0.5, 0.6) is 0 Å². The van der Waals surface area contributed by atoms with E-state index in [9.17, 15) is 0 Å². The molecule has 0 aliphatic carbocycles. The Morgan fingerprint density at radius 3 is 2.60 bits per heavy atom. The van der Waals surface area contributed by atoms with Crippen LogP contribution in [0.1, 0.15) is 24.2 Å². The number of piperidine rings is 1. The molecule has 15 heavy (non-hydrogen) atoms. The number of nitrogens with zero attached hydrogens (tertiary/aromatic N) is 1. The summed E-state index contributed by atoms with van der Waals surface area (Å²) in [7, 11) is 0. The average Bonchev–Trinajstić information content (AvgIpc) is 2.47. The van der Waals surface area contributed by atoms with E-state index in [2.05, 4.69) is 29.8 Å². The van der Waals surface area contributed by atoms with Crippen molar-refractivity contribution < 1.29 is 0 Å². The van der Waals surface area contributed by atoms with E-state index in [4.69, 9.17) is 11.6 Å². The summed E-state index contributed by atoms with van der Waals surface area (Å²) in [6.45, 7) is 7.71. The van der Waals surface area contributed by atoms with Crippen LogP contribution in [0.2, 0.25) is 5.02 Å². The van der Waals surface area contributed by atoms with Crippen molar-refractivity contribution in [3.63, 3.8) is 0 Å². The summed E-state index contributed by atoms with van der Waals surface area (Å²) in [5.41, 5.74) is 2.50. The van der Waals surface area contributed by atoms with Gasteiger partial charge in [-0.3, -0.25) is 0 Å². The maximum absolute atomic E-state index is 6.12. The molecular weight excluding hydrogens is 208 g/mol. The SMILES string of the molecule is Cc1cc(Cl)c(C)n1CC1CCNCC1. The Morgan fingerprint density at radius 1 is 1.40 bits per heavy atom. The molecule has 0 radical (unpaired) electrons. The Morgan fingerprint density at radius 2 is 2.07 bits per heavy atom. The molecule has 1 aromatic heterocycles. The van der Waals surface area contributed by atoms with Gasteiger partial charge >= 0.3 is 0 Å². The van der Waals surface area contributed by atoms with Gasteiger partial charge in [0, 0.05) is 17.9 Å². The van der Waals surface area contributed by atoms with Crippen molar-refractivity contribution >= 4 is 11.6 Å². The highest BCUT2D eigenvalue weighted by molar-refractivity contribution is 6.31. The van der Waals surface area contributed by atoms with Crippen molar-refractivity contribution in [2.45, 2.75) is 33.2 Å². The predicted octanol–water partition coefficient (Wildman–Crippen LogP) is 2.76. The Kier molecular flexibility index (Phi) is 3.37. The van der Waals surface area contributed by atoms with Crippen LogP contribution in [-0.2, 0) is 6.54 Å². The van der Waals surface area contributed by atoms with Crippen molar-refractivity contribution in [1.82, 2.24) is 9.88 Å². The van der Waals surface area contributed by atoms with E-state index in [1.165, 1.54) is 24.2 Å². The van der Waals surface area contributed by atoms with Gasteiger partial charge in [0.2, 0.25) is 0 Å². The topological polar surface area (TPSA) is 17.0 Å². The number of aromatic nitrogens is 1. The van der Waals surface area contributed by atoms with Gasteiger partial charge in [-0.15, -0.1) is 0 Å². The van der Waals surface area contributed by atoms with Gasteiger partial charge in [0.25, 0.3) is 0 Å². The standard InChI is InChI=1S/C12H19ClN2/c1-9-7-12(13)10(2)15(9)8-11-3-5-14-6-4-11/h7,11,14H,3-6,8H2,1-2H3. The first-order chi connectivity index (χ1) is 7.18. The molecule has 84 valence electrons. The van der Waals surface area contributed by atoms with E-state index in [0.29, 0.717) is 0 Å². The average molecular weight is 227 g/mol. The Labute approximate surface area is 96.6 Å². The van der Waals surface area contributed by atoms with Gasteiger partial charge in [-0.1, -0.05) is 11.6 Å². The van der Waals surface area contributed by atoms with Crippen LogP contribution in [0.15, 0.2) is 6.07 Å². The van der Waals surface area contributed by atoms with Gasteiger partial charge < -0.3 is 9.88 Å². The monoisotopic (exact) mass is 226 g/mol. The lowest BCUT2D eigenvalue weighted by molar-refractivity contribution is 0.329. The third-order valence-corrected chi connectivity index (χ3v) is 3.79. The van der Waals surface area contributed by atoms with Crippen molar-refractivity contribution in [3.05, 3.63) is 22.5 Å². The minimum absolute atomic E-state index is 0.812. The van der Waals surface area contributed by atoms with E-state index < -0.39 is 0 Å². The molecule has 2 nitrogen and oxygen atoms in total. The largest absolute Gasteiger partial charge is 0.347 e. The van der Waals surface area contributed by atoms with Gasteiger partial charge in [-0.2, -0.15) is 0 Å². The smallest absolute Gasteiger partial charge is 0.0615 e. The van der Waals surface area contributed by atoms with E-state index in [-0.39, 0.29) is 0 Å². The van der Waals surface area contributed by atoms with Crippen molar-refractivity contribution in [3.8, 4) is 0 Å². The summed E-state index contributed by atoms with van der Waals surface area (Å²) in [6.07, 6.45) is 2.57. The summed E-state index contributed by atoms with van der Waals surface area (Å²) in [4.78, 5) is 0.